The molecule has 1 aliphatic rings. The van der Waals surface area contributed by atoms with Crippen molar-refractivity contribution >= 4 is 5.97 Å². The molecule has 0 spiro atoms. The number of ether oxygens (including phenoxy) is 1. The number of rotatable bonds is 11. The van der Waals surface area contributed by atoms with Gasteiger partial charge in [0.2, 0.25) is 0 Å². The van der Waals surface area contributed by atoms with E-state index in [0.29, 0.717) is 19.3 Å². The summed E-state index contributed by atoms with van der Waals surface area (Å²) in [5.41, 5.74) is -3.56. The molecule has 0 aromatic heterocycles. The quantitative estimate of drug-likeness (QED) is 0.215. The first kappa shape index (κ1) is 32.9. The molecule has 1 saturated carbocycles. The maximum atomic E-state index is 14.6. The van der Waals surface area contributed by atoms with Gasteiger partial charge in [-0.15, -0.1) is 0 Å². The second-order valence-electron chi connectivity index (χ2n) is 9.36. The van der Waals surface area contributed by atoms with Crippen LogP contribution in [0.5, 0.6) is 0 Å². The van der Waals surface area contributed by atoms with Crippen molar-refractivity contribution in [3.8, 4) is 0 Å². The maximum absolute atomic E-state index is 14.6. The largest absolute Gasteiger partial charge is 0.460 e. The molecule has 0 heterocycles. The lowest BCUT2D eigenvalue weighted by atomic mass is 9.84. The third-order valence-corrected chi connectivity index (χ3v) is 6.39. The van der Waals surface area contributed by atoms with E-state index in [1.807, 2.05) is 0 Å². The Labute approximate surface area is 213 Å². The molecule has 1 atom stereocenters. The van der Waals surface area contributed by atoms with Crippen LogP contribution in [-0.2, 0) is 16.0 Å². The minimum atomic E-state index is -8.07. The van der Waals surface area contributed by atoms with Crippen LogP contribution in [0, 0.1) is 0 Å². The molecule has 1 fully saturated rings. The Hall–Kier alpha value is -2.26. The van der Waals surface area contributed by atoms with Gasteiger partial charge in [-0.25, -0.2) is 4.79 Å². The first-order valence-electron chi connectivity index (χ1n) is 11.5. The van der Waals surface area contributed by atoms with Crippen LogP contribution in [-0.4, -0.2) is 58.6 Å². The topological polar surface area (TPSA) is 46.5 Å². The van der Waals surface area contributed by atoms with Gasteiger partial charge in [0.1, 0.15) is 6.10 Å². The third kappa shape index (κ3) is 6.24. The molecule has 3 nitrogen and oxygen atoms in total. The van der Waals surface area contributed by atoms with Crippen molar-refractivity contribution in [3.05, 3.63) is 35.9 Å². The van der Waals surface area contributed by atoms with Gasteiger partial charge in [0.15, 0.2) is 5.60 Å². The second kappa shape index (κ2) is 11.0. The first-order valence-corrected chi connectivity index (χ1v) is 11.5. The molecule has 0 saturated heterocycles. The molecular weight excluding hydrogens is 571 g/mol. The van der Waals surface area contributed by atoms with Crippen molar-refractivity contribution in [1.29, 1.82) is 0 Å². The van der Waals surface area contributed by atoms with Gasteiger partial charge < -0.3 is 9.84 Å². The van der Waals surface area contributed by atoms with E-state index in [1.54, 1.807) is 0 Å². The van der Waals surface area contributed by atoms with Gasteiger partial charge in [-0.3, -0.25) is 0 Å². The number of hydrogen-bond acceptors (Lipinski definition) is 3. The highest BCUT2D eigenvalue weighted by Crippen LogP contribution is 2.61. The highest BCUT2D eigenvalue weighted by molar-refractivity contribution is 5.79. The highest BCUT2D eigenvalue weighted by Gasteiger charge is 2.91. The normalized spacial score (nSPS) is 18.5. The Morgan fingerprint density at radius 3 is 1.72 bits per heavy atom. The van der Waals surface area contributed by atoms with Crippen molar-refractivity contribution in [1.82, 2.24) is 0 Å². The average molecular weight is 594 g/mol. The lowest BCUT2D eigenvalue weighted by Gasteiger charge is -2.41. The fourth-order valence-electron chi connectivity index (χ4n) is 3.98. The average Bonchev–Trinajstić information content (AvgIpc) is 2.82. The van der Waals surface area contributed by atoms with E-state index in [-0.39, 0.29) is 18.4 Å². The van der Waals surface area contributed by atoms with E-state index in [4.69, 9.17) is 4.74 Å². The van der Waals surface area contributed by atoms with Crippen LogP contribution < -0.4 is 0 Å². The molecule has 1 N–H and O–H groups in total. The smallest absolute Gasteiger partial charge is 0.460 e. The number of aryl methyl sites for hydroxylation is 1. The molecule has 1 unspecified atom stereocenters. The fourth-order valence-corrected chi connectivity index (χ4v) is 3.98. The van der Waals surface area contributed by atoms with Crippen LogP contribution in [0.25, 0.3) is 0 Å². The fraction of sp³-hybridized carbons (Fsp3) is 0.696. The Morgan fingerprint density at radius 1 is 0.744 bits per heavy atom. The maximum Gasteiger partial charge on any atom is 0.460 e. The molecule has 2 rings (SSSR count). The number of aliphatic hydroxyl groups is 1. The summed E-state index contributed by atoms with van der Waals surface area (Å²) < 4.78 is 181. The Balaban J connectivity index is 2.45. The summed E-state index contributed by atoms with van der Waals surface area (Å²) in [6, 6.07) is 6.95. The van der Waals surface area contributed by atoms with Gasteiger partial charge >= 0.3 is 41.8 Å². The zero-order chi connectivity index (χ0) is 30.1. The molecule has 1 aliphatic carbocycles. The standard InChI is InChI=1S/C23H23F13O3/c24-18(25,19(26,27)20(28,29)21(30,31)22(32,33)23(34,35)36)13-17(38,12-11-14-7-3-1-4-8-14)16(37)39-15-9-5-2-6-10-15/h1,3-4,7-8,15,38H,2,5-6,9-13H2. The van der Waals surface area contributed by atoms with Crippen molar-refractivity contribution in [3.63, 3.8) is 0 Å². The van der Waals surface area contributed by atoms with Crippen LogP contribution >= 0.6 is 0 Å². The lowest BCUT2D eigenvalue weighted by molar-refractivity contribution is -0.441. The predicted molar refractivity (Wildman–Crippen MR) is 108 cm³/mol. The summed E-state index contributed by atoms with van der Waals surface area (Å²) in [5.74, 6) is -40.2. The number of esters is 1. The molecule has 16 heteroatoms. The molecule has 1 aromatic rings. The van der Waals surface area contributed by atoms with Crippen LogP contribution in [0.4, 0.5) is 57.1 Å². The molecule has 224 valence electrons. The molecule has 1 aromatic carbocycles. The van der Waals surface area contributed by atoms with Crippen LogP contribution in [0.1, 0.15) is 50.5 Å². The van der Waals surface area contributed by atoms with E-state index in [9.17, 15) is 67.0 Å². The number of alkyl halides is 13. The van der Waals surface area contributed by atoms with Crippen molar-refractivity contribution in [2.75, 3.05) is 0 Å². The van der Waals surface area contributed by atoms with Crippen LogP contribution in [0.3, 0.4) is 0 Å². The minimum Gasteiger partial charge on any atom is -0.460 e. The molecule has 0 bridgehead atoms. The first-order chi connectivity index (χ1) is 17.5. The predicted octanol–water partition coefficient (Wildman–Crippen LogP) is 7.36. The van der Waals surface area contributed by atoms with E-state index >= 15 is 0 Å². The number of carbonyl (C=O) groups is 1. The summed E-state index contributed by atoms with van der Waals surface area (Å²) in [5, 5.41) is 10.7. The molecule has 39 heavy (non-hydrogen) atoms. The van der Waals surface area contributed by atoms with Gasteiger partial charge in [-0.05, 0) is 44.1 Å². The Bertz CT molecular complexity index is 973. The van der Waals surface area contributed by atoms with Crippen molar-refractivity contribution in [2.45, 2.75) is 98.9 Å². The number of hydrogen-bond donors (Lipinski definition) is 1. The monoisotopic (exact) mass is 594 g/mol. The van der Waals surface area contributed by atoms with Gasteiger partial charge in [0.25, 0.3) is 0 Å². The zero-order valence-corrected chi connectivity index (χ0v) is 19.8. The molecule has 0 aliphatic heterocycles. The Kier molecular flexibility index (Phi) is 9.26. The number of benzene rings is 1. The number of carbonyl (C=O) groups excluding carboxylic acids is 1. The van der Waals surface area contributed by atoms with Crippen molar-refractivity contribution in [2.24, 2.45) is 0 Å². The van der Waals surface area contributed by atoms with Gasteiger partial charge in [0, 0.05) is 0 Å². The minimum absolute atomic E-state index is 0.157. The van der Waals surface area contributed by atoms with Gasteiger partial charge in [-0.2, -0.15) is 57.1 Å². The van der Waals surface area contributed by atoms with E-state index in [1.165, 1.54) is 30.3 Å². The lowest BCUT2D eigenvalue weighted by Crippen LogP contribution is -2.70. The zero-order valence-electron chi connectivity index (χ0n) is 19.8. The summed E-state index contributed by atoms with van der Waals surface area (Å²) in [4.78, 5) is 12.6. The SMILES string of the molecule is O=C(OC1CCCCC1)C(O)(CCc1ccccc1)CC(F)(F)C(F)(F)C(F)(F)C(F)(F)C(F)(F)C(F)(F)F. The Morgan fingerprint density at radius 2 is 1.23 bits per heavy atom. The third-order valence-electron chi connectivity index (χ3n) is 6.39. The van der Waals surface area contributed by atoms with E-state index in [2.05, 4.69) is 0 Å². The van der Waals surface area contributed by atoms with E-state index in [0.717, 1.165) is 0 Å². The van der Waals surface area contributed by atoms with Crippen LogP contribution in [0.2, 0.25) is 0 Å². The molecule has 0 amide bonds. The second-order valence-corrected chi connectivity index (χ2v) is 9.36. The highest BCUT2D eigenvalue weighted by atomic mass is 19.4. The summed E-state index contributed by atoms with van der Waals surface area (Å²) >= 11 is 0. The summed E-state index contributed by atoms with van der Waals surface area (Å²) in [6.45, 7) is 0. The number of halogens is 13. The van der Waals surface area contributed by atoms with Gasteiger partial charge in [0.05, 0.1) is 6.42 Å². The van der Waals surface area contributed by atoms with E-state index < -0.39 is 72.7 Å². The molecule has 0 radical (unpaired) electrons. The molecular formula is C23H23F13O3. The van der Waals surface area contributed by atoms with Crippen LogP contribution in [0.15, 0.2) is 30.3 Å². The van der Waals surface area contributed by atoms with Gasteiger partial charge in [-0.1, -0.05) is 36.8 Å². The van der Waals surface area contributed by atoms with Crippen molar-refractivity contribution < 1.29 is 71.7 Å². The summed E-state index contributed by atoms with van der Waals surface area (Å²) in [6.07, 6.45) is -11.4. The summed E-state index contributed by atoms with van der Waals surface area (Å²) in [7, 11) is 0.